The highest BCUT2D eigenvalue weighted by Gasteiger charge is 2.27. The molecule has 2 unspecified atom stereocenters. The van der Waals surface area contributed by atoms with E-state index in [1.54, 1.807) is 32.9 Å². The maximum absolute atomic E-state index is 14.0. The van der Waals surface area contributed by atoms with Crippen LogP contribution in [-0.4, -0.2) is 22.0 Å². The van der Waals surface area contributed by atoms with Crippen LogP contribution in [0.25, 0.3) is 0 Å². The molecule has 1 N–H and O–H groups in total. The summed E-state index contributed by atoms with van der Waals surface area (Å²) in [4.78, 5) is 11.5. The summed E-state index contributed by atoms with van der Waals surface area (Å²) >= 11 is 3.27. The second kappa shape index (κ2) is 7.47. The van der Waals surface area contributed by atoms with Gasteiger partial charge in [-0.3, -0.25) is 4.79 Å². The molecule has 0 saturated carbocycles. The highest BCUT2D eigenvalue weighted by Crippen LogP contribution is 2.26. The molecule has 0 aliphatic carbocycles. The first-order valence-corrected chi connectivity index (χ1v) is 8.29. The molecule has 0 bridgehead atoms. The van der Waals surface area contributed by atoms with Crippen LogP contribution < -0.4 is 4.72 Å². The molecule has 0 saturated heterocycles. The fraction of sp³-hybridized carbons (Fsp3) is 0.500. The second-order valence-corrected chi connectivity index (χ2v) is 8.41. The predicted octanol–water partition coefficient (Wildman–Crippen LogP) is 3.24. The van der Waals surface area contributed by atoms with Crippen LogP contribution in [0.1, 0.15) is 38.8 Å². The molecule has 7 heteroatoms. The Kier molecular flexibility index (Phi) is 6.49. The number of halogens is 2. The van der Waals surface area contributed by atoms with Gasteiger partial charge in [0.1, 0.15) is 5.82 Å². The Hall–Kier alpha value is -0.790. The Bertz CT molecular complexity index is 546. The summed E-state index contributed by atoms with van der Waals surface area (Å²) in [5.74, 6) is -0.969. The van der Waals surface area contributed by atoms with E-state index in [0.29, 0.717) is 4.47 Å². The average Bonchev–Trinajstić information content (AvgIpc) is 2.39. The Morgan fingerprint density at radius 3 is 2.62 bits per heavy atom. The number of benzene rings is 1. The number of carbonyl (C=O) groups excluding carboxylic acids is 1. The van der Waals surface area contributed by atoms with Crippen molar-refractivity contribution in [3.8, 4) is 0 Å². The normalized spacial score (nSPS) is 14.6. The van der Waals surface area contributed by atoms with Gasteiger partial charge in [0.15, 0.2) is 0 Å². The summed E-state index contributed by atoms with van der Waals surface area (Å²) in [6.07, 6.45) is -0.105. The van der Waals surface area contributed by atoms with E-state index in [2.05, 4.69) is 25.4 Å². The van der Waals surface area contributed by atoms with Gasteiger partial charge < -0.3 is 4.74 Å². The van der Waals surface area contributed by atoms with Crippen LogP contribution in [0, 0.1) is 5.82 Å². The summed E-state index contributed by atoms with van der Waals surface area (Å²) in [5, 5.41) is 0. The number of carbonyl (C=O) groups is 1. The van der Waals surface area contributed by atoms with Gasteiger partial charge >= 0.3 is 5.97 Å². The monoisotopic (exact) mass is 379 g/mol. The van der Waals surface area contributed by atoms with E-state index in [0.717, 1.165) is 0 Å². The zero-order valence-electron chi connectivity index (χ0n) is 12.4. The predicted molar refractivity (Wildman–Crippen MR) is 84.5 cm³/mol. The van der Waals surface area contributed by atoms with Gasteiger partial charge in [0, 0.05) is 10.0 Å². The van der Waals surface area contributed by atoms with Gasteiger partial charge in [-0.25, -0.2) is 13.3 Å². The molecule has 1 aromatic carbocycles. The number of esters is 1. The van der Waals surface area contributed by atoms with Crippen LogP contribution in [0.15, 0.2) is 22.7 Å². The Morgan fingerprint density at radius 2 is 2.10 bits per heavy atom. The van der Waals surface area contributed by atoms with E-state index >= 15 is 0 Å². The van der Waals surface area contributed by atoms with Gasteiger partial charge in [-0.1, -0.05) is 15.9 Å². The lowest BCUT2D eigenvalue weighted by atomic mass is 10.0. The number of methoxy groups -OCH3 is 1. The Balaban J connectivity index is 3.10. The summed E-state index contributed by atoms with van der Waals surface area (Å²) < 4.78 is 33.8. The third-order valence-electron chi connectivity index (χ3n) is 2.74. The fourth-order valence-electron chi connectivity index (χ4n) is 1.55. The summed E-state index contributed by atoms with van der Waals surface area (Å²) in [6, 6.07) is 3.70. The first-order chi connectivity index (χ1) is 9.65. The minimum Gasteiger partial charge on any atom is -0.469 e. The van der Waals surface area contributed by atoms with E-state index in [9.17, 15) is 13.4 Å². The molecule has 1 aromatic rings. The van der Waals surface area contributed by atoms with Crippen molar-refractivity contribution in [1.82, 2.24) is 4.72 Å². The zero-order chi connectivity index (χ0) is 16.2. The third kappa shape index (κ3) is 5.48. The first kappa shape index (κ1) is 18.3. The highest BCUT2D eigenvalue weighted by atomic mass is 79.9. The van der Waals surface area contributed by atoms with Crippen molar-refractivity contribution in [2.45, 2.75) is 38.0 Å². The Labute approximate surface area is 135 Å². The van der Waals surface area contributed by atoms with Crippen LogP contribution >= 0.6 is 15.9 Å². The lowest BCUT2D eigenvalue weighted by Gasteiger charge is -2.24. The lowest BCUT2D eigenvalue weighted by molar-refractivity contribution is -0.141. The molecule has 0 aliphatic rings. The number of ether oxygens (including phenoxy) is 1. The topological polar surface area (TPSA) is 55.4 Å². The van der Waals surface area contributed by atoms with Gasteiger partial charge in [-0.2, -0.15) is 0 Å². The zero-order valence-corrected chi connectivity index (χ0v) is 14.8. The molecule has 1 rings (SSSR count). The van der Waals surface area contributed by atoms with Crippen molar-refractivity contribution in [3.63, 3.8) is 0 Å². The van der Waals surface area contributed by atoms with Crippen LogP contribution in [0.2, 0.25) is 0 Å². The van der Waals surface area contributed by atoms with Crippen molar-refractivity contribution in [2.75, 3.05) is 7.11 Å². The van der Waals surface area contributed by atoms with Crippen LogP contribution in [0.3, 0.4) is 0 Å². The van der Waals surface area contributed by atoms with Crippen molar-refractivity contribution < 1.29 is 18.1 Å². The van der Waals surface area contributed by atoms with Gasteiger partial charge in [0.05, 0.1) is 35.3 Å². The van der Waals surface area contributed by atoms with Crippen molar-refractivity contribution >= 4 is 32.9 Å². The van der Waals surface area contributed by atoms with Gasteiger partial charge in [0.2, 0.25) is 0 Å². The highest BCUT2D eigenvalue weighted by molar-refractivity contribution is 9.10. The number of hydrogen-bond acceptors (Lipinski definition) is 3. The Morgan fingerprint density at radius 1 is 1.48 bits per heavy atom. The first-order valence-electron chi connectivity index (χ1n) is 6.35. The largest absolute Gasteiger partial charge is 0.469 e. The molecule has 4 nitrogen and oxygen atoms in total. The molecule has 0 amide bonds. The van der Waals surface area contributed by atoms with Crippen molar-refractivity contribution in [3.05, 3.63) is 34.1 Å². The standard InChI is InChI=1S/C14H19BrFNO3S/c1-14(2,3)21(19)17-12(8-13(18)20-4)10-7-9(15)5-6-11(10)16/h5-7,12,17H,8H2,1-4H3. The van der Waals surface area contributed by atoms with Crippen LogP contribution in [0.5, 0.6) is 0 Å². The second-order valence-electron chi connectivity index (χ2n) is 5.50. The molecule has 2 atom stereocenters. The molecule has 0 spiro atoms. The summed E-state index contributed by atoms with van der Waals surface area (Å²) in [7, 11) is -0.180. The molecular formula is C14H19BrFNO3S. The number of nitrogens with one attached hydrogen (secondary N) is 1. The van der Waals surface area contributed by atoms with E-state index in [1.165, 1.54) is 13.2 Å². The summed E-state index contributed by atoms with van der Waals surface area (Å²) in [6.45, 7) is 5.38. The third-order valence-corrected chi connectivity index (χ3v) is 4.84. The summed E-state index contributed by atoms with van der Waals surface area (Å²) in [5.41, 5.74) is 0.271. The molecule has 0 fully saturated rings. The quantitative estimate of drug-likeness (QED) is 0.798. The number of rotatable bonds is 5. The van der Waals surface area contributed by atoms with Crippen molar-refractivity contribution in [2.24, 2.45) is 0 Å². The average molecular weight is 380 g/mol. The molecule has 0 radical (unpaired) electrons. The SMILES string of the molecule is COC(=O)CC(NS(=O)C(C)(C)C)c1cc(Br)ccc1F. The molecule has 0 aromatic heterocycles. The van der Waals surface area contributed by atoms with E-state index in [4.69, 9.17) is 0 Å². The maximum atomic E-state index is 14.0. The smallest absolute Gasteiger partial charge is 0.307 e. The van der Waals surface area contributed by atoms with Crippen LogP contribution in [-0.2, 0) is 20.5 Å². The minimum absolute atomic E-state index is 0.105. The van der Waals surface area contributed by atoms with Gasteiger partial charge in [0.25, 0.3) is 0 Å². The lowest BCUT2D eigenvalue weighted by Crippen LogP contribution is -2.37. The molecule has 118 valence electrons. The number of hydrogen-bond donors (Lipinski definition) is 1. The van der Waals surface area contributed by atoms with Crippen LogP contribution in [0.4, 0.5) is 4.39 Å². The fourth-order valence-corrected chi connectivity index (χ4v) is 2.75. The minimum atomic E-state index is -1.44. The molecule has 21 heavy (non-hydrogen) atoms. The molecular weight excluding hydrogens is 361 g/mol. The maximum Gasteiger partial charge on any atom is 0.307 e. The van der Waals surface area contributed by atoms with Crippen molar-refractivity contribution in [1.29, 1.82) is 0 Å². The van der Waals surface area contributed by atoms with E-state index < -0.39 is 33.6 Å². The molecule has 0 heterocycles. The molecule has 0 aliphatic heterocycles. The van der Waals surface area contributed by atoms with Gasteiger partial charge in [-0.15, -0.1) is 0 Å². The van der Waals surface area contributed by atoms with E-state index in [1.807, 2.05) is 0 Å². The van der Waals surface area contributed by atoms with Gasteiger partial charge in [-0.05, 0) is 39.0 Å². The van der Waals surface area contributed by atoms with E-state index in [-0.39, 0.29) is 12.0 Å².